The molecule has 1 amide bonds. The number of hydrogen-bond donors (Lipinski definition) is 0. The predicted octanol–water partition coefficient (Wildman–Crippen LogP) is 3.30. The summed E-state index contributed by atoms with van der Waals surface area (Å²) in [5, 5.41) is 0. The van der Waals surface area contributed by atoms with Gasteiger partial charge in [-0.1, -0.05) is 35.2 Å². The van der Waals surface area contributed by atoms with Gasteiger partial charge in [0.25, 0.3) is 5.91 Å². The largest absolute Gasteiger partial charge is 0.479 e. The lowest BCUT2D eigenvalue weighted by atomic mass is 10.1. The first kappa shape index (κ1) is 18.7. The van der Waals surface area contributed by atoms with Crippen molar-refractivity contribution < 1.29 is 23.5 Å². The maximum absolute atomic E-state index is 13.6. The lowest BCUT2D eigenvalue weighted by Gasteiger charge is -2.24. The average Bonchev–Trinajstić information content (AvgIpc) is 2.51. The Morgan fingerprint density at radius 3 is 2.42 bits per heavy atom. The second-order valence-electron chi connectivity index (χ2n) is 5.67. The first-order chi connectivity index (χ1) is 11.6. The van der Waals surface area contributed by atoms with E-state index in [9.17, 15) is 14.0 Å². The van der Waals surface area contributed by atoms with Crippen LogP contribution >= 0.6 is 15.9 Å². The highest BCUT2D eigenvalue weighted by Gasteiger charge is 2.17. The van der Waals surface area contributed by atoms with Crippen LogP contribution in [0.3, 0.4) is 0 Å². The lowest BCUT2D eigenvalue weighted by Crippen LogP contribution is -2.37. The summed E-state index contributed by atoms with van der Waals surface area (Å²) < 4.78 is 24.1. The summed E-state index contributed by atoms with van der Waals surface area (Å²) in [6.07, 6.45) is 5.41. The van der Waals surface area contributed by atoms with E-state index in [1.165, 1.54) is 18.6 Å². The Morgan fingerprint density at radius 1 is 1.08 bits per heavy atom. The normalized spacial score (nSPS) is 15.3. The van der Waals surface area contributed by atoms with Gasteiger partial charge in [-0.3, -0.25) is 4.79 Å². The minimum absolute atomic E-state index is 0.0368. The Hall–Kier alpha value is -1.63. The summed E-state index contributed by atoms with van der Waals surface area (Å²) in [5.41, 5.74) is 0. The summed E-state index contributed by atoms with van der Waals surface area (Å²) >= 11 is 3.14. The molecule has 1 aliphatic rings. The van der Waals surface area contributed by atoms with Crippen molar-refractivity contribution in [3.8, 4) is 5.75 Å². The number of benzene rings is 1. The summed E-state index contributed by atoms with van der Waals surface area (Å²) in [6.45, 7) is 0.671. The fraction of sp³-hybridized carbons (Fsp3) is 0.529. The van der Waals surface area contributed by atoms with Gasteiger partial charge in [-0.15, -0.1) is 0 Å². The van der Waals surface area contributed by atoms with Gasteiger partial charge in [-0.25, -0.2) is 9.18 Å². The fourth-order valence-electron chi connectivity index (χ4n) is 2.50. The summed E-state index contributed by atoms with van der Waals surface area (Å²) in [4.78, 5) is 25.5. The second-order valence-corrected chi connectivity index (χ2v) is 6.59. The first-order valence-electron chi connectivity index (χ1n) is 8.07. The van der Waals surface area contributed by atoms with Crippen LogP contribution in [-0.4, -0.2) is 43.1 Å². The first-order valence-corrected chi connectivity index (χ1v) is 8.87. The zero-order valence-electron chi connectivity index (χ0n) is 13.4. The summed E-state index contributed by atoms with van der Waals surface area (Å²) in [6, 6.07) is 4.26. The van der Waals surface area contributed by atoms with E-state index in [1.807, 2.05) is 0 Å². The van der Waals surface area contributed by atoms with Crippen LogP contribution in [0.4, 0.5) is 4.39 Å². The molecule has 1 aliphatic heterocycles. The van der Waals surface area contributed by atoms with E-state index >= 15 is 0 Å². The fourth-order valence-corrected chi connectivity index (χ4v) is 2.83. The van der Waals surface area contributed by atoms with Crippen LogP contribution in [-0.2, 0) is 14.3 Å². The van der Waals surface area contributed by atoms with Gasteiger partial charge >= 0.3 is 5.97 Å². The molecule has 0 N–H and O–H groups in total. The van der Waals surface area contributed by atoms with Crippen LogP contribution in [0.25, 0.3) is 0 Å². The van der Waals surface area contributed by atoms with Gasteiger partial charge in [0.2, 0.25) is 0 Å². The van der Waals surface area contributed by atoms with Gasteiger partial charge in [0, 0.05) is 17.6 Å². The van der Waals surface area contributed by atoms with Gasteiger partial charge in [0.05, 0.1) is 0 Å². The molecule has 1 heterocycles. The number of hydrogen-bond acceptors (Lipinski definition) is 4. The van der Waals surface area contributed by atoms with Crippen LogP contribution in [0.15, 0.2) is 22.7 Å². The summed E-state index contributed by atoms with van der Waals surface area (Å²) in [7, 11) is 0. The van der Waals surface area contributed by atoms with E-state index in [0.717, 1.165) is 25.7 Å². The van der Waals surface area contributed by atoms with Crippen molar-refractivity contribution in [2.24, 2.45) is 0 Å². The zero-order valence-corrected chi connectivity index (χ0v) is 15.0. The number of ether oxygens (including phenoxy) is 2. The smallest absolute Gasteiger partial charge is 0.344 e. The number of likely N-dealkylation sites (tertiary alicyclic amines) is 1. The molecular formula is C17H21BrFNO4. The van der Waals surface area contributed by atoms with Gasteiger partial charge < -0.3 is 14.4 Å². The molecule has 0 unspecified atom stereocenters. The molecular weight excluding hydrogens is 381 g/mol. The van der Waals surface area contributed by atoms with Crippen molar-refractivity contribution in [3.63, 3.8) is 0 Å². The highest BCUT2D eigenvalue weighted by Crippen LogP contribution is 2.21. The summed E-state index contributed by atoms with van der Waals surface area (Å²) in [5.74, 6) is -1.50. The van der Waals surface area contributed by atoms with Crippen LogP contribution in [0.5, 0.6) is 5.75 Å². The quantitative estimate of drug-likeness (QED) is 0.710. The van der Waals surface area contributed by atoms with E-state index in [-0.39, 0.29) is 18.3 Å². The molecule has 0 spiro atoms. The molecule has 1 aromatic rings. The predicted molar refractivity (Wildman–Crippen MR) is 90.2 cm³/mol. The molecule has 0 aliphatic carbocycles. The third kappa shape index (κ3) is 6.11. The van der Waals surface area contributed by atoms with Crippen molar-refractivity contribution in [2.45, 2.75) is 32.1 Å². The van der Waals surface area contributed by atoms with Crippen molar-refractivity contribution in [2.75, 3.05) is 26.3 Å². The molecule has 0 aromatic heterocycles. The molecule has 0 atom stereocenters. The zero-order chi connectivity index (χ0) is 17.4. The van der Waals surface area contributed by atoms with Crippen molar-refractivity contribution in [1.82, 2.24) is 4.90 Å². The molecule has 24 heavy (non-hydrogen) atoms. The number of esters is 1. The van der Waals surface area contributed by atoms with E-state index in [0.29, 0.717) is 17.6 Å². The SMILES string of the molecule is O=C(COc1ccc(Br)cc1F)OCC(=O)N1CCCCCCC1. The molecule has 0 saturated carbocycles. The van der Waals surface area contributed by atoms with Gasteiger partial charge in [0.1, 0.15) is 0 Å². The number of nitrogens with zero attached hydrogens (tertiary/aromatic N) is 1. The molecule has 0 bridgehead atoms. The molecule has 1 fully saturated rings. The molecule has 1 saturated heterocycles. The third-order valence-electron chi connectivity index (χ3n) is 3.80. The topological polar surface area (TPSA) is 55.8 Å². The lowest BCUT2D eigenvalue weighted by molar-refractivity contribution is -0.153. The average molecular weight is 402 g/mol. The molecule has 0 radical (unpaired) electrons. The Kier molecular flexibility index (Phi) is 7.49. The Bertz CT molecular complexity index is 574. The Morgan fingerprint density at radius 2 is 1.75 bits per heavy atom. The van der Waals surface area contributed by atoms with Gasteiger partial charge in [-0.05, 0) is 31.0 Å². The van der Waals surface area contributed by atoms with Crippen molar-refractivity contribution >= 4 is 27.8 Å². The van der Waals surface area contributed by atoms with Crippen molar-refractivity contribution in [3.05, 3.63) is 28.5 Å². The molecule has 1 aromatic carbocycles. The Balaban J connectivity index is 1.72. The van der Waals surface area contributed by atoms with Crippen LogP contribution in [0.1, 0.15) is 32.1 Å². The maximum atomic E-state index is 13.6. The number of carbonyl (C=O) groups is 2. The van der Waals surface area contributed by atoms with Crippen molar-refractivity contribution in [1.29, 1.82) is 0 Å². The van der Waals surface area contributed by atoms with Crippen LogP contribution in [0.2, 0.25) is 0 Å². The number of halogens is 2. The molecule has 132 valence electrons. The standard InChI is InChI=1S/C17H21BrFNO4/c18-13-6-7-15(14(19)10-13)23-12-17(22)24-11-16(21)20-8-4-2-1-3-5-9-20/h6-7,10H,1-5,8-9,11-12H2. The minimum Gasteiger partial charge on any atom is -0.479 e. The van der Waals surface area contributed by atoms with E-state index < -0.39 is 18.4 Å². The van der Waals surface area contributed by atoms with Crippen LogP contribution < -0.4 is 4.74 Å². The van der Waals surface area contributed by atoms with Gasteiger partial charge in [0.15, 0.2) is 24.8 Å². The molecule has 7 heteroatoms. The number of rotatable bonds is 5. The highest BCUT2D eigenvalue weighted by molar-refractivity contribution is 9.10. The second kappa shape index (κ2) is 9.61. The van der Waals surface area contributed by atoms with E-state index in [2.05, 4.69) is 15.9 Å². The van der Waals surface area contributed by atoms with E-state index in [4.69, 9.17) is 9.47 Å². The van der Waals surface area contributed by atoms with E-state index in [1.54, 1.807) is 11.0 Å². The minimum atomic E-state index is -0.697. The maximum Gasteiger partial charge on any atom is 0.344 e. The number of carbonyl (C=O) groups excluding carboxylic acids is 2. The molecule has 5 nitrogen and oxygen atoms in total. The molecule has 2 rings (SSSR count). The Labute approximate surface area is 149 Å². The number of amides is 1. The third-order valence-corrected chi connectivity index (χ3v) is 4.30. The van der Waals surface area contributed by atoms with Gasteiger partial charge in [-0.2, -0.15) is 0 Å². The monoisotopic (exact) mass is 401 g/mol. The van der Waals surface area contributed by atoms with Crippen LogP contribution in [0, 0.1) is 5.82 Å². The highest BCUT2D eigenvalue weighted by atomic mass is 79.9.